The van der Waals surface area contributed by atoms with Crippen LogP contribution in [0.5, 0.6) is 5.75 Å². The standard InChI is InChI=1S/C25H33N3O3S/c1-31-23-10-6-5-9-21(23)24(29)27-22(15-18-32-2)25(30)26-19-11-13-20(14-12-19)28-16-7-3-4-8-17-28/h5-6,9-14,22H,3-4,7-8,15-18H2,1-2H3,(H,26,30)(H,27,29). The molecule has 0 bridgehead atoms. The molecule has 2 N–H and O–H groups in total. The molecule has 1 fully saturated rings. The second-order valence-electron chi connectivity index (χ2n) is 7.95. The molecule has 1 aliphatic rings. The maximum Gasteiger partial charge on any atom is 0.255 e. The summed E-state index contributed by atoms with van der Waals surface area (Å²) in [5.41, 5.74) is 2.33. The fourth-order valence-corrected chi connectivity index (χ4v) is 4.36. The van der Waals surface area contributed by atoms with Crippen molar-refractivity contribution in [3.63, 3.8) is 0 Å². The van der Waals surface area contributed by atoms with Crippen LogP contribution in [0.3, 0.4) is 0 Å². The molecule has 2 amide bonds. The number of nitrogens with zero attached hydrogens (tertiary/aromatic N) is 1. The molecule has 1 heterocycles. The van der Waals surface area contributed by atoms with E-state index >= 15 is 0 Å². The number of ether oxygens (including phenoxy) is 1. The lowest BCUT2D eigenvalue weighted by Crippen LogP contribution is -2.44. The number of benzene rings is 2. The molecule has 0 aromatic heterocycles. The minimum atomic E-state index is -0.634. The summed E-state index contributed by atoms with van der Waals surface area (Å²) >= 11 is 1.64. The van der Waals surface area contributed by atoms with Crippen LogP contribution in [0.2, 0.25) is 0 Å². The summed E-state index contributed by atoms with van der Waals surface area (Å²) in [6.45, 7) is 2.16. The summed E-state index contributed by atoms with van der Waals surface area (Å²) in [6.07, 6.45) is 7.56. The molecule has 172 valence electrons. The first-order chi connectivity index (χ1) is 15.6. The number of carbonyl (C=O) groups excluding carboxylic acids is 2. The third-order valence-electron chi connectivity index (χ3n) is 5.69. The van der Waals surface area contributed by atoms with Gasteiger partial charge < -0.3 is 20.3 Å². The van der Waals surface area contributed by atoms with E-state index in [1.165, 1.54) is 38.5 Å². The molecule has 6 nitrogen and oxygen atoms in total. The fraction of sp³-hybridized carbons (Fsp3) is 0.440. The van der Waals surface area contributed by atoms with Gasteiger partial charge in [-0.05, 0) is 67.7 Å². The van der Waals surface area contributed by atoms with Crippen molar-refractivity contribution in [2.75, 3.05) is 42.4 Å². The molecule has 0 spiro atoms. The first-order valence-corrected chi connectivity index (χ1v) is 12.6. The zero-order valence-electron chi connectivity index (χ0n) is 18.9. The summed E-state index contributed by atoms with van der Waals surface area (Å²) in [6, 6.07) is 14.4. The zero-order valence-corrected chi connectivity index (χ0v) is 19.7. The van der Waals surface area contributed by atoms with Crippen LogP contribution in [-0.2, 0) is 4.79 Å². The van der Waals surface area contributed by atoms with Crippen molar-refractivity contribution in [3.8, 4) is 5.75 Å². The van der Waals surface area contributed by atoms with Crippen molar-refractivity contribution in [1.82, 2.24) is 5.32 Å². The van der Waals surface area contributed by atoms with Gasteiger partial charge >= 0.3 is 0 Å². The minimum Gasteiger partial charge on any atom is -0.496 e. The average molecular weight is 456 g/mol. The van der Waals surface area contributed by atoms with E-state index in [1.807, 2.05) is 24.5 Å². The summed E-state index contributed by atoms with van der Waals surface area (Å²) in [7, 11) is 1.53. The minimum absolute atomic E-state index is 0.218. The van der Waals surface area contributed by atoms with Crippen molar-refractivity contribution < 1.29 is 14.3 Å². The number of methoxy groups -OCH3 is 1. The third kappa shape index (κ3) is 6.66. The van der Waals surface area contributed by atoms with Gasteiger partial charge in [-0.1, -0.05) is 25.0 Å². The molecule has 7 heteroatoms. The van der Waals surface area contributed by atoms with Crippen LogP contribution in [0.1, 0.15) is 42.5 Å². The predicted octanol–water partition coefficient (Wildman–Crippen LogP) is 4.57. The molecule has 1 unspecified atom stereocenters. The topological polar surface area (TPSA) is 70.7 Å². The van der Waals surface area contributed by atoms with Gasteiger partial charge in [-0.25, -0.2) is 0 Å². The van der Waals surface area contributed by atoms with Crippen LogP contribution in [0.15, 0.2) is 48.5 Å². The third-order valence-corrected chi connectivity index (χ3v) is 6.33. The molecule has 1 saturated heterocycles. The highest BCUT2D eigenvalue weighted by Gasteiger charge is 2.23. The molecule has 1 atom stereocenters. The lowest BCUT2D eigenvalue weighted by molar-refractivity contribution is -0.118. The van der Waals surface area contributed by atoms with Crippen LogP contribution in [0.4, 0.5) is 11.4 Å². The first kappa shape index (κ1) is 24.0. The number of rotatable bonds is 9. The van der Waals surface area contributed by atoms with Gasteiger partial charge in [-0.15, -0.1) is 0 Å². The maximum absolute atomic E-state index is 13.0. The number of thioether (sulfide) groups is 1. The Morgan fingerprint density at radius 1 is 1.03 bits per heavy atom. The summed E-state index contributed by atoms with van der Waals surface area (Å²) in [5.74, 6) is 0.709. The van der Waals surface area contributed by atoms with Gasteiger partial charge in [-0.2, -0.15) is 11.8 Å². The van der Waals surface area contributed by atoms with Crippen LogP contribution >= 0.6 is 11.8 Å². The van der Waals surface area contributed by atoms with Crippen molar-refractivity contribution in [1.29, 1.82) is 0 Å². The van der Waals surface area contributed by atoms with E-state index < -0.39 is 6.04 Å². The quantitative estimate of drug-likeness (QED) is 0.580. The summed E-state index contributed by atoms with van der Waals surface area (Å²) in [5, 5.41) is 5.85. The van der Waals surface area contributed by atoms with E-state index in [4.69, 9.17) is 4.74 Å². The Bertz CT molecular complexity index is 880. The van der Waals surface area contributed by atoms with E-state index in [9.17, 15) is 9.59 Å². The van der Waals surface area contributed by atoms with Crippen LogP contribution in [0, 0.1) is 0 Å². The Morgan fingerprint density at radius 2 is 1.72 bits per heavy atom. The van der Waals surface area contributed by atoms with E-state index in [1.54, 1.807) is 30.0 Å². The van der Waals surface area contributed by atoms with Gasteiger partial charge in [0.05, 0.1) is 12.7 Å². The summed E-state index contributed by atoms with van der Waals surface area (Å²) in [4.78, 5) is 28.2. The first-order valence-electron chi connectivity index (χ1n) is 11.2. The Labute approximate surface area is 195 Å². The zero-order chi connectivity index (χ0) is 22.8. The Morgan fingerprint density at radius 3 is 2.38 bits per heavy atom. The average Bonchev–Trinajstić information content (AvgIpc) is 3.11. The molecule has 2 aromatic rings. The highest BCUT2D eigenvalue weighted by Crippen LogP contribution is 2.22. The van der Waals surface area contributed by atoms with Crippen molar-refractivity contribution in [2.45, 2.75) is 38.1 Å². The van der Waals surface area contributed by atoms with E-state index in [0.717, 1.165) is 24.5 Å². The Kier molecular flexibility index (Phi) is 9.28. The molecule has 3 rings (SSSR count). The molecule has 0 radical (unpaired) electrons. The van der Waals surface area contributed by atoms with Gasteiger partial charge in [0.25, 0.3) is 5.91 Å². The highest BCUT2D eigenvalue weighted by molar-refractivity contribution is 7.98. The number of hydrogen-bond donors (Lipinski definition) is 2. The number of hydrogen-bond acceptors (Lipinski definition) is 5. The van der Waals surface area contributed by atoms with Crippen molar-refractivity contribution in [2.24, 2.45) is 0 Å². The molecule has 0 aliphatic carbocycles. The SMILES string of the molecule is COc1ccccc1C(=O)NC(CCSC)C(=O)Nc1ccc(N2CCCCCC2)cc1. The molecule has 2 aromatic carbocycles. The van der Waals surface area contributed by atoms with Crippen LogP contribution in [-0.4, -0.2) is 50.1 Å². The van der Waals surface area contributed by atoms with Gasteiger partial charge in [0, 0.05) is 24.5 Å². The fourth-order valence-electron chi connectivity index (χ4n) is 3.89. The predicted molar refractivity (Wildman–Crippen MR) is 133 cm³/mol. The number of carbonyl (C=O) groups is 2. The Hall–Kier alpha value is -2.67. The Balaban J connectivity index is 1.65. The van der Waals surface area contributed by atoms with Gasteiger partial charge in [0.1, 0.15) is 11.8 Å². The second kappa shape index (κ2) is 12.4. The van der Waals surface area contributed by atoms with Gasteiger partial charge in [0.2, 0.25) is 5.91 Å². The second-order valence-corrected chi connectivity index (χ2v) is 8.93. The number of amides is 2. The number of anilines is 2. The van der Waals surface area contributed by atoms with Crippen LogP contribution in [0.25, 0.3) is 0 Å². The maximum atomic E-state index is 13.0. The molecular formula is C25H33N3O3S. The summed E-state index contributed by atoms with van der Waals surface area (Å²) < 4.78 is 5.28. The molecule has 1 aliphatic heterocycles. The lowest BCUT2D eigenvalue weighted by atomic mass is 10.1. The monoisotopic (exact) mass is 455 g/mol. The number of para-hydroxylation sites is 1. The largest absolute Gasteiger partial charge is 0.496 e. The van der Waals surface area contributed by atoms with Gasteiger partial charge in [0.15, 0.2) is 0 Å². The van der Waals surface area contributed by atoms with E-state index in [0.29, 0.717) is 17.7 Å². The van der Waals surface area contributed by atoms with Gasteiger partial charge in [-0.3, -0.25) is 9.59 Å². The molecular weight excluding hydrogens is 422 g/mol. The lowest BCUT2D eigenvalue weighted by Gasteiger charge is -2.23. The highest BCUT2D eigenvalue weighted by atomic mass is 32.2. The van der Waals surface area contributed by atoms with E-state index in [2.05, 4.69) is 27.7 Å². The normalized spacial score (nSPS) is 14.9. The molecule has 0 saturated carbocycles. The number of nitrogens with one attached hydrogen (secondary N) is 2. The molecule has 32 heavy (non-hydrogen) atoms. The van der Waals surface area contributed by atoms with Crippen molar-refractivity contribution >= 4 is 35.0 Å². The van der Waals surface area contributed by atoms with E-state index in [-0.39, 0.29) is 11.8 Å². The van der Waals surface area contributed by atoms with Crippen molar-refractivity contribution in [3.05, 3.63) is 54.1 Å². The van der Waals surface area contributed by atoms with Crippen LogP contribution < -0.4 is 20.3 Å². The smallest absolute Gasteiger partial charge is 0.255 e.